The van der Waals surface area contributed by atoms with Gasteiger partial charge in [0.15, 0.2) is 0 Å². The smallest absolute Gasteiger partial charge is 0.0865 e. The minimum Gasteiger partial charge on any atom is -0.373 e. The SMILES string of the molecule is NCC1CCOC1c1ccc(Br)cc1. The fourth-order valence-corrected chi connectivity index (χ4v) is 2.16. The molecule has 1 saturated heterocycles. The van der Waals surface area contributed by atoms with Crippen LogP contribution in [-0.4, -0.2) is 13.2 Å². The Hall–Kier alpha value is -0.380. The van der Waals surface area contributed by atoms with Crippen molar-refractivity contribution in [2.45, 2.75) is 12.5 Å². The lowest BCUT2D eigenvalue weighted by Crippen LogP contribution is -2.17. The molecule has 0 amide bonds. The van der Waals surface area contributed by atoms with Gasteiger partial charge >= 0.3 is 0 Å². The maximum Gasteiger partial charge on any atom is 0.0865 e. The molecule has 3 heteroatoms. The second-order valence-electron chi connectivity index (χ2n) is 3.63. The zero-order chi connectivity index (χ0) is 9.97. The summed E-state index contributed by atoms with van der Waals surface area (Å²) in [6.07, 6.45) is 1.28. The monoisotopic (exact) mass is 255 g/mol. The highest BCUT2D eigenvalue weighted by Gasteiger charge is 2.28. The number of hydrogen-bond acceptors (Lipinski definition) is 2. The molecule has 76 valence electrons. The molecule has 0 radical (unpaired) electrons. The topological polar surface area (TPSA) is 35.2 Å². The van der Waals surface area contributed by atoms with Gasteiger partial charge in [-0.2, -0.15) is 0 Å². The normalized spacial score (nSPS) is 26.7. The first kappa shape index (κ1) is 10.1. The van der Waals surface area contributed by atoms with Gasteiger partial charge in [-0.3, -0.25) is 0 Å². The summed E-state index contributed by atoms with van der Waals surface area (Å²) in [6, 6.07) is 8.29. The number of hydrogen-bond donors (Lipinski definition) is 1. The lowest BCUT2D eigenvalue weighted by molar-refractivity contribution is 0.0925. The van der Waals surface area contributed by atoms with E-state index in [0.717, 1.165) is 17.5 Å². The van der Waals surface area contributed by atoms with Gasteiger partial charge in [-0.15, -0.1) is 0 Å². The Labute approximate surface area is 92.6 Å². The van der Waals surface area contributed by atoms with Crippen molar-refractivity contribution in [3.05, 3.63) is 34.3 Å². The van der Waals surface area contributed by atoms with Crippen LogP contribution in [0.5, 0.6) is 0 Å². The molecule has 2 unspecified atom stereocenters. The summed E-state index contributed by atoms with van der Waals surface area (Å²) in [4.78, 5) is 0. The van der Waals surface area contributed by atoms with Crippen molar-refractivity contribution in [2.24, 2.45) is 11.7 Å². The molecule has 2 atom stereocenters. The molecule has 1 aromatic rings. The lowest BCUT2D eigenvalue weighted by atomic mass is 9.96. The molecular formula is C11H14BrNO. The van der Waals surface area contributed by atoms with Crippen LogP contribution in [0.1, 0.15) is 18.1 Å². The van der Waals surface area contributed by atoms with Crippen LogP contribution in [0.4, 0.5) is 0 Å². The lowest BCUT2D eigenvalue weighted by Gasteiger charge is -2.16. The fourth-order valence-electron chi connectivity index (χ4n) is 1.90. The highest BCUT2D eigenvalue weighted by molar-refractivity contribution is 9.10. The van der Waals surface area contributed by atoms with Crippen molar-refractivity contribution in [3.8, 4) is 0 Å². The fraction of sp³-hybridized carbons (Fsp3) is 0.455. The summed E-state index contributed by atoms with van der Waals surface area (Å²) in [5.41, 5.74) is 6.94. The van der Waals surface area contributed by atoms with Crippen LogP contribution < -0.4 is 5.73 Å². The Balaban J connectivity index is 2.17. The minimum absolute atomic E-state index is 0.202. The van der Waals surface area contributed by atoms with Crippen molar-refractivity contribution in [2.75, 3.05) is 13.2 Å². The van der Waals surface area contributed by atoms with E-state index < -0.39 is 0 Å². The van der Waals surface area contributed by atoms with E-state index in [4.69, 9.17) is 10.5 Å². The molecule has 1 aromatic carbocycles. The Morgan fingerprint density at radius 3 is 2.71 bits per heavy atom. The Morgan fingerprint density at radius 2 is 2.07 bits per heavy atom. The number of benzene rings is 1. The van der Waals surface area contributed by atoms with E-state index in [9.17, 15) is 0 Å². The second-order valence-corrected chi connectivity index (χ2v) is 4.54. The Kier molecular flexibility index (Phi) is 3.21. The van der Waals surface area contributed by atoms with Gasteiger partial charge in [0.2, 0.25) is 0 Å². The van der Waals surface area contributed by atoms with Crippen LogP contribution in [-0.2, 0) is 4.74 Å². The molecule has 0 spiro atoms. The van der Waals surface area contributed by atoms with Crippen LogP contribution in [0, 0.1) is 5.92 Å². The summed E-state index contributed by atoms with van der Waals surface area (Å²) < 4.78 is 6.79. The first-order valence-electron chi connectivity index (χ1n) is 4.88. The Morgan fingerprint density at radius 1 is 1.36 bits per heavy atom. The summed E-state index contributed by atoms with van der Waals surface area (Å²) in [5, 5.41) is 0. The van der Waals surface area contributed by atoms with Crippen LogP contribution in [0.15, 0.2) is 28.7 Å². The predicted molar refractivity (Wildman–Crippen MR) is 60.0 cm³/mol. The third kappa shape index (κ3) is 2.00. The van der Waals surface area contributed by atoms with Crippen LogP contribution >= 0.6 is 15.9 Å². The maximum atomic E-state index is 5.70. The quantitative estimate of drug-likeness (QED) is 0.882. The minimum atomic E-state index is 0.202. The summed E-state index contributed by atoms with van der Waals surface area (Å²) in [7, 11) is 0. The third-order valence-electron chi connectivity index (χ3n) is 2.72. The number of nitrogens with two attached hydrogens (primary N) is 1. The molecule has 1 aliphatic heterocycles. The van der Waals surface area contributed by atoms with Crippen molar-refractivity contribution < 1.29 is 4.74 Å². The molecular weight excluding hydrogens is 242 g/mol. The van der Waals surface area contributed by atoms with Gasteiger partial charge < -0.3 is 10.5 Å². The molecule has 0 bridgehead atoms. The molecule has 1 fully saturated rings. The van der Waals surface area contributed by atoms with Crippen molar-refractivity contribution in [1.29, 1.82) is 0 Å². The van der Waals surface area contributed by atoms with Gasteiger partial charge in [-0.05, 0) is 30.7 Å². The third-order valence-corrected chi connectivity index (χ3v) is 3.24. The highest BCUT2D eigenvalue weighted by atomic mass is 79.9. The molecule has 0 aromatic heterocycles. The van der Waals surface area contributed by atoms with Crippen molar-refractivity contribution in [1.82, 2.24) is 0 Å². The molecule has 14 heavy (non-hydrogen) atoms. The van der Waals surface area contributed by atoms with Gasteiger partial charge in [0, 0.05) is 17.0 Å². The van der Waals surface area contributed by atoms with Crippen molar-refractivity contribution in [3.63, 3.8) is 0 Å². The molecule has 0 saturated carbocycles. The first-order valence-corrected chi connectivity index (χ1v) is 5.67. The van der Waals surface area contributed by atoms with Crippen LogP contribution in [0.2, 0.25) is 0 Å². The van der Waals surface area contributed by atoms with E-state index in [1.807, 2.05) is 12.1 Å². The van der Waals surface area contributed by atoms with E-state index in [0.29, 0.717) is 12.5 Å². The van der Waals surface area contributed by atoms with Gasteiger partial charge in [0.1, 0.15) is 0 Å². The average molecular weight is 256 g/mol. The zero-order valence-corrected chi connectivity index (χ0v) is 9.53. The summed E-state index contributed by atoms with van der Waals surface area (Å²) in [5.74, 6) is 0.483. The summed E-state index contributed by atoms with van der Waals surface area (Å²) in [6.45, 7) is 1.54. The van der Waals surface area contributed by atoms with E-state index in [1.54, 1.807) is 0 Å². The van der Waals surface area contributed by atoms with Gasteiger partial charge in [0.05, 0.1) is 6.10 Å². The number of ether oxygens (including phenoxy) is 1. The molecule has 1 aliphatic rings. The van der Waals surface area contributed by atoms with Crippen LogP contribution in [0.3, 0.4) is 0 Å². The van der Waals surface area contributed by atoms with E-state index in [1.165, 1.54) is 5.56 Å². The molecule has 2 nitrogen and oxygen atoms in total. The van der Waals surface area contributed by atoms with Gasteiger partial charge in [0.25, 0.3) is 0 Å². The first-order chi connectivity index (χ1) is 6.81. The molecule has 0 aliphatic carbocycles. The Bertz CT molecular complexity index is 299. The molecule has 2 N–H and O–H groups in total. The molecule has 1 heterocycles. The zero-order valence-electron chi connectivity index (χ0n) is 7.95. The largest absolute Gasteiger partial charge is 0.373 e. The standard InChI is InChI=1S/C11H14BrNO/c12-10-3-1-8(2-4-10)11-9(7-13)5-6-14-11/h1-4,9,11H,5-7,13H2. The van der Waals surface area contributed by atoms with E-state index >= 15 is 0 Å². The maximum absolute atomic E-state index is 5.70. The number of halogens is 1. The highest BCUT2D eigenvalue weighted by Crippen LogP contribution is 2.34. The van der Waals surface area contributed by atoms with Crippen molar-refractivity contribution >= 4 is 15.9 Å². The molecule has 2 rings (SSSR count). The van der Waals surface area contributed by atoms with Gasteiger partial charge in [-0.25, -0.2) is 0 Å². The van der Waals surface area contributed by atoms with E-state index in [2.05, 4.69) is 28.1 Å². The van der Waals surface area contributed by atoms with E-state index in [-0.39, 0.29) is 6.10 Å². The van der Waals surface area contributed by atoms with Gasteiger partial charge in [-0.1, -0.05) is 28.1 Å². The average Bonchev–Trinajstić information content (AvgIpc) is 2.67. The second kappa shape index (κ2) is 4.43. The van der Waals surface area contributed by atoms with Crippen LogP contribution in [0.25, 0.3) is 0 Å². The number of rotatable bonds is 2. The summed E-state index contributed by atoms with van der Waals surface area (Å²) >= 11 is 3.42. The predicted octanol–water partition coefficient (Wildman–Crippen LogP) is 2.49.